The first-order valence-electron chi connectivity index (χ1n) is 4.58. The summed E-state index contributed by atoms with van der Waals surface area (Å²) in [6.07, 6.45) is -4.26. The van der Waals surface area contributed by atoms with E-state index in [0.29, 0.717) is 26.2 Å². The summed E-state index contributed by atoms with van der Waals surface area (Å²) < 4.78 is 37.2. The number of halogens is 3. The molecule has 0 aromatic carbocycles. The monoisotopic (exact) mass is 222 g/mol. The second kappa shape index (κ2) is 4.61. The van der Waals surface area contributed by atoms with Crippen LogP contribution in [0.3, 0.4) is 0 Å². The molecule has 0 amide bonds. The molecular formula is C8H13F3N4. The summed E-state index contributed by atoms with van der Waals surface area (Å²) in [6, 6.07) is 0. The van der Waals surface area contributed by atoms with Gasteiger partial charge in [0.1, 0.15) is 11.8 Å². The molecule has 0 saturated carbocycles. The maximum atomic E-state index is 12.4. The molecule has 4 nitrogen and oxygen atoms in total. The van der Waals surface area contributed by atoms with E-state index >= 15 is 0 Å². The Morgan fingerprint density at radius 1 is 1.33 bits per heavy atom. The first kappa shape index (κ1) is 12.0. The molecule has 86 valence electrons. The van der Waals surface area contributed by atoms with E-state index in [4.69, 9.17) is 10.8 Å². The van der Waals surface area contributed by atoms with Crippen LogP contribution in [0.15, 0.2) is 0 Å². The molecule has 0 aromatic rings. The summed E-state index contributed by atoms with van der Waals surface area (Å²) in [6.45, 7) is 1.93. The molecule has 1 aliphatic heterocycles. The van der Waals surface area contributed by atoms with Gasteiger partial charge >= 0.3 is 6.18 Å². The molecule has 1 heterocycles. The first-order chi connectivity index (χ1) is 6.96. The van der Waals surface area contributed by atoms with Crippen LogP contribution in [0.1, 0.15) is 0 Å². The van der Waals surface area contributed by atoms with Crippen LogP contribution in [0.4, 0.5) is 13.2 Å². The number of hydrogen-bond acceptors (Lipinski definition) is 3. The zero-order valence-electron chi connectivity index (χ0n) is 8.06. The van der Waals surface area contributed by atoms with Gasteiger partial charge in [-0.15, -0.1) is 0 Å². The number of hydrogen-bond donors (Lipinski definition) is 3. The minimum Gasteiger partial charge on any atom is -0.357 e. The van der Waals surface area contributed by atoms with E-state index < -0.39 is 17.9 Å². The summed E-state index contributed by atoms with van der Waals surface area (Å²) >= 11 is 0. The van der Waals surface area contributed by atoms with Crippen LogP contribution >= 0.6 is 0 Å². The highest BCUT2D eigenvalue weighted by molar-refractivity contribution is 5.95. The van der Waals surface area contributed by atoms with Crippen molar-refractivity contribution in [2.45, 2.75) is 6.18 Å². The molecule has 0 radical (unpaired) electrons. The van der Waals surface area contributed by atoms with Crippen molar-refractivity contribution in [3.05, 3.63) is 0 Å². The molecule has 0 spiro atoms. The molecule has 1 aliphatic rings. The molecule has 3 N–H and O–H groups in total. The molecule has 1 fully saturated rings. The van der Waals surface area contributed by atoms with Gasteiger partial charge in [-0.25, -0.2) is 0 Å². The zero-order valence-corrected chi connectivity index (χ0v) is 8.06. The number of alkyl halides is 3. The van der Waals surface area contributed by atoms with Gasteiger partial charge in [-0.2, -0.15) is 13.2 Å². The quantitative estimate of drug-likeness (QED) is 0.475. The van der Waals surface area contributed by atoms with Crippen LogP contribution in [0.2, 0.25) is 0 Å². The molecule has 1 unspecified atom stereocenters. The van der Waals surface area contributed by atoms with Gasteiger partial charge in [-0.05, 0) is 0 Å². The number of nitrogens with one attached hydrogen (secondary N) is 3. The third-order valence-electron chi connectivity index (χ3n) is 2.27. The van der Waals surface area contributed by atoms with Gasteiger partial charge in [0.15, 0.2) is 0 Å². The lowest BCUT2D eigenvalue weighted by molar-refractivity contribution is -0.140. The van der Waals surface area contributed by atoms with Crippen molar-refractivity contribution in [1.29, 1.82) is 10.8 Å². The number of piperazine rings is 1. The Kier molecular flexibility index (Phi) is 3.67. The van der Waals surface area contributed by atoms with Crippen molar-refractivity contribution >= 4 is 12.1 Å². The predicted molar refractivity (Wildman–Crippen MR) is 50.5 cm³/mol. The smallest absolute Gasteiger partial charge is 0.357 e. The standard InChI is InChI=1S/C8H13F3N4/c9-8(10,11)6(5-12)7(13)15-3-1-14-2-4-15/h5-6,12-14H,1-4H2. The lowest BCUT2D eigenvalue weighted by atomic mass is 10.1. The Hall–Kier alpha value is -1.11. The van der Waals surface area contributed by atoms with Gasteiger partial charge in [-0.3, -0.25) is 5.41 Å². The van der Waals surface area contributed by atoms with Crippen LogP contribution in [-0.2, 0) is 0 Å². The predicted octanol–water partition coefficient (Wildman–Crippen LogP) is 0.697. The van der Waals surface area contributed by atoms with Gasteiger partial charge in [0.2, 0.25) is 0 Å². The van der Waals surface area contributed by atoms with Gasteiger partial charge < -0.3 is 15.6 Å². The Balaban J connectivity index is 2.67. The summed E-state index contributed by atoms with van der Waals surface area (Å²) in [7, 11) is 0. The molecule has 0 aromatic heterocycles. The van der Waals surface area contributed by atoms with Crippen LogP contribution in [-0.4, -0.2) is 49.3 Å². The van der Waals surface area contributed by atoms with Crippen molar-refractivity contribution in [3.63, 3.8) is 0 Å². The normalized spacial score (nSPS) is 19.8. The lowest BCUT2D eigenvalue weighted by Gasteiger charge is -2.32. The molecule has 1 rings (SSSR count). The maximum absolute atomic E-state index is 12.4. The lowest BCUT2D eigenvalue weighted by Crippen LogP contribution is -2.50. The van der Waals surface area contributed by atoms with E-state index in [1.807, 2.05) is 0 Å². The fourth-order valence-electron chi connectivity index (χ4n) is 1.43. The third kappa shape index (κ3) is 2.92. The Morgan fingerprint density at radius 2 is 1.87 bits per heavy atom. The van der Waals surface area contributed by atoms with Gasteiger partial charge in [0.05, 0.1) is 0 Å². The van der Waals surface area contributed by atoms with Gasteiger partial charge in [0.25, 0.3) is 0 Å². The largest absolute Gasteiger partial charge is 0.403 e. The second-order valence-corrected chi connectivity index (χ2v) is 3.31. The zero-order chi connectivity index (χ0) is 11.5. The summed E-state index contributed by atoms with van der Waals surface area (Å²) in [5.41, 5.74) is 0. The van der Waals surface area contributed by atoms with E-state index in [9.17, 15) is 13.2 Å². The minimum atomic E-state index is -4.54. The Bertz CT molecular complexity index is 245. The fraction of sp³-hybridized carbons (Fsp3) is 0.750. The molecule has 0 aliphatic carbocycles. The first-order valence-corrected chi connectivity index (χ1v) is 4.58. The number of rotatable bonds is 2. The number of nitrogens with zero attached hydrogens (tertiary/aromatic N) is 1. The molecule has 0 bridgehead atoms. The SMILES string of the molecule is N=CC(C(=N)N1CCNCC1)C(F)(F)F. The van der Waals surface area contributed by atoms with Crippen LogP contribution in [0.25, 0.3) is 0 Å². The summed E-state index contributed by atoms with van der Waals surface area (Å²) in [5, 5.41) is 17.1. The Labute approximate surface area is 85.5 Å². The van der Waals surface area contributed by atoms with Crippen molar-refractivity contribution in [2.24, 2.45) is 5.92 Å². The Morgan fingerprint density at radius 3 is 2.27 bits per heavy atom. The topological polar surface area (TPSA) is 63.0 Å². The van der Waals surface area contributed by atoms with Crippen molar-refractivity contribution in [2.75, 3.05) is 26.2 Å². The number of amidine groups is 1. The van der Waals surface area contributed by atoms with Crippen LogP contribution in [0.5, 0.6) is 0 Å². The molecular weight excluding hydrogens is 209 g/mol. The van der Waals surface area contributed by atoms with Gasteiger partial charge in [0, 0.05) is 32.4 Å². The average molecular weight is 222 g/mol. The fourth-order valence-corrected chi connectivity index (χ4v) is 1.43. The maximum Gasteiger partial charge on any atom is 0.403 e. The van der Waals surface area contributed by atoms with E-state index in [1.165, 1.54) is 4.90 Å². The second-order valence-electron chi connectivity index (χ2n) is 3.31. The highest BCUT2D eigenvalue weighted by Gasteiger charge is 2.43. The third-order valence-corrected chi connectivity index (χ3v) is 2.27. The van der Waals surface area contributed by atoms with Crippen LogP contribution in [0, 0.1) is 16.7 Å². The highest BCUT2D eigenvalue weighted by Crippen LogP contribution is 2.26. The van der Waals surface area contributed by atoms with Crippen molar-refractivity contribution in [1.82, 2.24) is 10.2 Å². The summed E-state index contributed by atoms with van der Waals surface area (Å²) in [5.74, 6) is -2.60. The molecule has 15 heavy (non-hydrogen) atoms. The molecule has 7 heteroatoms. The highest BCUT2D eigenvalue weighted by atomic mass is 19.4. The minimum absolute atomic E-state index is 0.282. The van der Waals surface area contributed by atoms with E-state index in [1.54, 1.807) is 0 Å². The molecule has 1 saturated heterocycles. The summed E-state index contributed by atoms with van der Waals surface area (Å²) in [4.78, 5) is 1.36. The average Bonchev–Trinajstić information content (AvgIpc) is 2.18. The van der Waals surface area contributed by atoms with Gasteiger partial charge in [-0.1, -0.05) is 0 Å². The van der Waals surface area contributed by atoms with Crippen LogP contribution < -0.4 is 5.32 Å². The van der Waals surface area contributed by atoms with Crippen molar-refractivity contribution < 1.29 is 13.2 Å². The van der Waals surface area contributed by atoms with E-state index in [2.05, 4.69) is 5.32 Å². The van der Waals surface area contributed by atoms with E-state index in [0.717, 1.165) is 0 Å². The van der Waals surface area contributed by atoms with E-state index in [-0.39, 0.29) is 6.21 Å². The molecule has 1 atom stereocenters. The van der Waals surface area contributed by atoms with Crippen molar-refractivity contribution in [3.8, 4) is 0 Å².